The molecule has 0 aliphatic carbocycles. The second-order valence-corrected chi connectivity index (χ2v) is 8.24. The predicted molar refractivity (Wildman–Crippen MR) is 122 cm³/mol. The number of carbonyl (C=O) groups excluding carboxylic acids is 2. The summed E-state index contributed by atoms with van der Waals surface area (Å²) in [6.07, 6.45) is 1.26. The third-order valence-electron chi connectivity index (χ3n) is 5.39. The van der Waals surface area contributed by atoms with Gasteiger partial charge in [-0.15, -0.1) is 0 Å². The lowest BCUT2D eigenvalue weighted by atomic mass is 10.2. The highest BCUT2D eigenvalue weighted by Crippen LogP contribution is 2.20. The number of halogens is 2. The van der Waals surface area contributed by atoms with Crippen LogP contribution in [-0.4, -0.2) is 52.3 Å². The van der Waals surface area contributed by atoms with Crippen LogP contribution in [0.2, 0.25) is 5.02 Å². The zero-order chi connectivity index (χ0) is 23.2. The van der Waals surface area contributed by atoms with Crippen molar-refractivity contribution >= 4 is 23.4 Å². The van der Waals surface area contributed by atoms with Crippen LogP contribution in [0.25, 0.3) is 0 Å². The first kappa shape index (κ1) is 22.9. The van der Waals surface area contributed by atoms with Crippen LogP contribution >= 0.6 is 11.6 Å². The second-order valence-electron chi connectivity index (χ2n) is 7.83. The van der Waals surface area contributed by atoms with Gasteiger partial charge < -0.3 is 14.5 Å². The van der Waals surface area contributed by atoms with E-state index in [9.17, 15) is 14.0 Å². The maximum absolute atomic E-state index is 13.6. The maximum atomic E-state index is 13.6. The van der Waals surface area contributed by atoms with Crippen molar-refractivity contribution in [3.05, 3.63) is 101 Å². The highest BCUT2D eigenvalue weighted by molar-refractivity contribution is 6.31. The number of rotatable bonds is 6. The standard InChI is InChI=1S/C25H23ClFN3O3/c26-22-12-19(9-10-23(22)27)25(32)30-15-21(33-17-20-8-4-5-11-28-20)14-29(24(31)16-30)13-18-6-2-1-3-7-18/h1-12,21H,13-17H2. The lowest BCUT2D eigenvalue weighted by Crippen LogP contribution is -2.39. The molecule has 2 aromatic carbocycles. The summed E-state index contributed by atoms with van der Waals surface area (Å²) in [5.74, 6) is -1.20. The fraction of sp³-hybridized carbons (Fsp3) is 0.240. The van der Waals surface area contributed by atoms with Crippen LogP contribution in [0.15, 0.2) is 72.9 Å². The van der Waals surface area contributed by atoms with Crippen molar-refractivity contribution in [2.24, 2.45) is 0 Å². The molecule has 0 bridgehead atoms. The molecule has 0 spiro atoms. The molecule has 0 saturated carbocycles. The van der Waals surface area contributed by atoms with E-state index in [1.807, 2.05) is 48.5 Å². The molecule has 1 aliphatic heterocycles. The summed E-state index contributed by atoms with van der Waals surface area (Å²) >= 11 is 5.86. The van der Waals surface area contributed by atoms with Crippen LogP contribution in [0.1, 0.15) is 21.6 Å². The third-order valence-corrected chi connectivity index (χ3v) is 5.68. The predicted octanol–water partition coefficient (Wildman–Crippen LogP) is 3.94. The Morgan fingerprint density at radius 3 is 2.61 bits per heavy atom. The van der Waals surface area contributed by atoms with E-state index in [-0.39, 0.29) is 36.2 Å². The van der Waals surface area contributed by atoms with Crippen molar-refractivity contribution in [2.75, 3.05) is 19.6 Å². The largest absolute Gasteiger partial charge is 0.368 e. The van der Waals surface area contributed by atoms with Gasteiger partial charge in [0.2, 0.25) is 5.91 Å². The number of aromatic nitrogens is 1. The minimum absolute atomic E-state index is 0.107. The molecule has 4 rings (SSSR count). The molecule has 0 radical (unpaired) electrons. The topological polar surface area (TPSA) is 62.7 Å². The molecular formula is C25H23ClFN3O3. The van der Waals surface area contributed by atoms with Gasteiger partial charge in [-0.25, -0.2) is 4.39 Å². The normalized spacial score (nSPS) is 16.5. The minimum Gasteiger partial charge on any atom is -0.368 e. The molecule has 1 atom stereocenters. The van der Waals surface area contributed by atoms with Gasteiger partial charge in [-0.1, -0.05) is 48.0 Å². The van der Waals surface area contributed by atoms with Crippen LogP contribution < -0.4 is 0 Å². The van der Waals surface area contributed by atoms with E-state index in [1.54, 1.807) is 11.1 Å². The molecule has 0 N–H and O–H groups in total. The average molecular weight is 468 g/mol. The molecule has 2 amide bonds. The van der Waals surface area contributed by atoms with Crippen LogP contribution in [-0.2, 0) is 22.7 Å². The molecule has 1 unspecified atom stereocenters. The molecule has 1 aliphatic rings. The Kier molecular flexibility index (Phi) is 7.32. The van der Waals surface area contributed by atoms with Crippen molar-refractivity contribution in [1.29, 1.82) is 0 Å². The Balaban J connectivity index is 1.55. The first-order valence-corrected chi connectivity index (χ1v) is 10.9. The summed E-state index contributed by atoms with van der Waals surface area (Å²) < 4.78 is 19.7. The van der Waals surface area contributed by atoms with Gasteiger partial charge in [0.15, 0.2) is 0 Å². The Hall–Kier alpha value is -3.29. The summed E-state index contributed by atoms with van der Waals surface area (Å²) in [4.78, 5) is 33.6. The van der Waals surface area contributed by atoms with Crippen molar-refractivity contribution in [1.82, 2.24) is 14.8 Å². The van der Waals surface area contributed by atoms with E-state index < -0.39 is 17.8 Å². The third kappa shape index (κ3) is 5.94. The van der Waals surface area contributed by atoms with E-state index in [0.29, 0.717) is 13.1 Å². The highest BCUT2D eigenvalue weighted by atomic mass is 35.5. The number of hydrogen-bond acceptors (Lipinski definition) is 4. The van der Waals surface area contributed by atoms with Gasteiger partial charge >= 0.3 is 0 Å². The molecule has 1 saturated heterocycles. The highest BCUT2D eigenvalue weighted by Gasteiger charge is 2.31. The van der Waals surface area contributed by atoms with E-state index in [0.717, 1.165) is 17.3 Å². The van der Waals surface area contributed by atoms with Crippen molar-refractivity contribution in [2.45, 2.75) is 19.3 Å². The van der Waals surface area contributed by atoms with E-state index >= 15 is 0 Å². The van der Waals surface area contributed by atoms with E-state index in [2.05, 4.69) is 4.98 Å². The van der Waals surface area contributed by atoms with Crippen molar-refractivity contribution < 1.29 is 18.7 Å². The summed E-state index contributed by atoms with van der Waals surface area (Å²) in [5, 5.41) is -0.143. The number of ether oxygens (including phenoxy) is 1. The summed E-state index contributed by atoms with van der Waals surface area (Å²) in [7, 11) is 0. The number of carbonyl (C=O) groups is 2. The first-order valence-electron chi connectivity index (χ1n) is 10.6. The van der Waals surface area contributed by atoms with Crippen molar-refractivity contribution in [3.8, 4) is 0 Å². The summed E-state index contributed by atoms with van der Waals surface area (Å²) in [5.41, 5.74) is 1.96. The van der Waals surface area contributed by atoms with Crippen LogP contribution in [0.4, 0.5) is 4.39 Å². The molecule has 1 fully saturated rings. The lowest BCUT2D eigenvalue weighted by Gasteiger charge is -2.25. The van der Waals surface area contributed by atoms with Crippen LogP contribution in [0.3, 0.4) is 0 Å². The molecule has 3 aromatic rings. The molecule has 6 nitrogen and oxygen atoms in total. The van der Waals surface area contributed by atoms with Crippen LogP contribution in [0, 0.1) is 5.82 Å². The zero-order valence-electron chi connectivity index (χ0n) is 17.9. The fourth-order valence-corrected chi connectivity index (χ4v) is 3.87. The van der Waals surface area contributed by atoms with Crippen LogP contribution in [0.5, 0.6) is 0 Å². The molecular weight excluding hydrogens is 445 g/mol. The number of pyridine rings is 1. The number of benzene rings is 2. The SMILES string of the molecule is O=C1CN(C(=O)c2ccc(F)c(Cl)c2)CC(OCc2ccccn2)CN1Cc1ccccc1. The number of nitrogens with zero attached hydrogens (tertiary/aromatic N) is 3. The van der Waals surface area contributed by atoms with Gasteiger partial charge in [0.25, 0.3) is 5.91 Å². The van der Waals surface area contributed by atoms with E-state index in [1.165, 1.54) is 17.0 Å². The van der Waals surface area contributed by atoms with Crippen molar-refractivity contribution in [3.63, 3.8) is 0 Å². The van der Waals surface area contributed by atoms with Gasteiger partial charge in [0.1, 0.15) is 12.4 Å². The first-order chi connectivity index (χ1) is 16.0. The summed E-state index contributed by atoms with van der Waals surface area (Å²) in [6, 6.07) is 19.0. The number of amides is 2. The Bertz CT molecular complexity index is 1110. The quantitative estimate of drug-likeness (QED) is 0.551. The Morgan fingerprint density at radius 1 is 1.09 bits per heavy atom. The average Bonchev–Trinajstić information content (AvgIpc) is 2.99. The Labute approximate surface area is 196 Å². The molecule has 8 heteroatoms. The monoisotopic (exact) mass is 467 g/mol. The van der Waals surface area contributed by atoms with Gasteiger partial charge in [0.05, 0.1) is 23.4 Å². The Morgan fingerprint density at radius 2 is 1.88 bits per heavy atom. The van der Waals surface area contributed by atoms with Gasteiger partial charge in [-0.05, 0) is 35.9 Å². The zero-order valence-corrected chi connectivity index (χ0v) is 18.6. The molecule has 1 aromatic heterocycles. The van der Waals surface area contributed by atoms with E-state index in [4.69, 9.17) is 16.3 Å². The second kappa shape index (κ2) is 10.6. The van der Waals surface area contributed by atoms with Gasteiger partial charge in [-0.2, -0.15) is 0 Å². The molecule has 2 heterocycles. The smallest absolute Gasteiger partial charge is 0.254 e. The summed E-state index contributed by atoms with van der Waals surface area (Å²) in [6.45, 7) is 1.09. The fourth-order valence-electron chi connectivity index (χ4n) is 3.69. The minimum atomic E-state index is -0.606. The molecule has 170 valence electrons. The number of hydrogen-bond donors (Lipinski definition) is 0. The lowest BCUT2D eigenvalue weighted by molar-refractivity contribution is -0.132. The molecule has 33 heavy (non-hydrogen) atoms. The van der Waals surface area contributed by atoms with Gasteiger partial charge in [0, 0.05) is 31.4 Å². The van der Waals surface area contributed by atoms with Gasteiger partial charge in [-0.3, -0.25) is 14.6 Å². The maximum Gasteiger partial charge on any atom is 0.254 e.